The van der Waals surface area contributed by atoms with E-state index in [1.54, 1.807) is 0 Å². The summed E-state index contributed by atoms with van der Waals surface area (Å²) in [5.41, 5.74) is 1.21. The molecule has 0 aromatic heterocycles. The van der Waals surface area contributed by atoms with Gasteiger partial charge >= 0.3 is 0 Å². The quantitative estimate of drug-likeness (QED) is 0.400. The smallest absolute Gasteiger partial charge is 0.0285 e. The molecule has 1 heteroatoms. The lowest BCUT2D eigenvalue weighted by Crippen LogP contribution is -2.27. The third-order valence-corrected chi connectivity index (χ3v) is 3.09. The lowest BCUT2D eigenvalue weighted by molar-refractivity contribution is 0.564. The van der Waals surface area contributed by atoms with Gasteiger partial charge < -0.3 is 5.32 Å². The van der Waals surface area contributed by atoms with Crippen LogP contribution in [0.3, 0.4) is 0 Å². The molecule has 0 aliphatic carbocycles. The van der Waals surface area contributed by atoms with Crippen LogP contribution in [0, 0.1) is 0 Å². The molecule has 0 rings (SSSR count). The maximum absolute atomic E-state index is 4.12. The fourth-order valence-corrected chi connectivity index (χ4v) is 1.70. The minimum absolute atomic E-state index is 0.412. The van der Waals surface area contributed by atoms with E-state index in [1.165, 1.54) is 50.5 Å². The second kappa shape index (κ2) is 11.9. The Hall–Kier alpha value is -0.560. The van der Waals surface area contributed by atoms with E-state index in [-0.39, 0.29) is 0 Å². The standard InChI is InChI=1S/C16H31N/c1-5-7-9-11-13-15(3)16(4)17-14-12-10-8-6-2/h11,13,16-17H,3,5-10,12,14H2,1-2,4H3/b13-11-/t16-/m1/s1. The van der Waals surface area contributed by atoms with E-state index in [4.69, 9.17) is 0 Å². The molecular weight excluding hydrogens is 206 g/mol. The molecule has 0 bridgehead atoms. The van der Waals surface area contributed by atoms with E-state index < -0.39 is 0 Å². The molecule has 0 amide bonds. The van der Waals surface area contributed by atoms with Crippen molar-refractivity contribution in [3.63, 3.8) is 0 Å². The summed E-state index contributed by atoms with van der Waals surface area (Å²) in [6.45, 7) is 11.9. The van der Waals surface area contributed by atoms with Crippen LogP contribution in [-0.2, 0) is 0 Å². The van der Waals surface area contributed by atoms with Gasteiger partial charge in [-0.25, -0.2) is 0 Å². The molecule has 0 aromatic rings. The largest absolute Gasteiger partial charge is 0.310 e. The molecule has 0 unspecified atom stereocenters. The predicted molar refractivity (Wildman–Crippen MR) is 79.4 cm³/mol. The summed E-state index contributed by atoms with van der Waals surface area (Å²) in [5.74, 6) is 0. The van der Waals surface area contributed by atoms with Gasteiger partial charge in [0.2, 0.25) is 0 Å². The summed E-state index contributed by atoms with van der Waals surface area (Å²) in [4.78, 5) is 0. The molecule has 0 aliphatic heterocycles. The Morgan fingerprint density at radius 3 is 2.47 bits per heavy atom. The third-order valence-electron chi connectivity index (χ3n) is 3.09. The van der Waals surface area contributed by atoms with Crippen LogP contribution in [0.4, 0.5) is 0 Å². The molecular formula is C16H31N. The molecule has 1 atom stereocenters. The van der Waals surface area contributed by atoms with Crippen molar-refractivity contribution < 1.29 is 0 Å². The zero-order valence-electron chi connectivity index (χ0n) is 12.1. The topological polar surface area (TPSA) is 12.0 Å². The summed E-state index contributed by atoms with van der Waals surface area (Å²) in [6, 6.07) is 0.412. The number of allylic oxidation sites excluding steroid dienone is 1. The normalized spacial score (nSPS) is 13.1. The number of hydrogen-bond acceptors (Lipinski definition) is 1. The van der Waals surface area contributed by atoms with Gasteiger partial charge in [-0.05, 0) is 31.9 Å². The van der Waals surface area contributed by atoms with Crippen molar-refractivity contribution >= 4 is 0 Å². The minimum atomic E-state index is 0.412. The molecule has 0 aromatic carbocycles. The molecule has 100 valence electrons. The van der Waals surface area contributed by atoms with Crippen LogP contribution in [-0.4, -0.2) is 12.6 Å². The first-order valence-electron chi connectivity index (χ1n) is 7.31. The van der Waals surface area contributed by atoms with Crippen LogP contribution >= 0.6 is 0 Å². The molecule has 0 saturated heterocycles. The Morgan fingerprint density at radius 2 is 1.82 bits per heavy atom. The van der Waals surface area contributed by atoms with Gasteiger partial charge in [-0.2, -0.15) is 0 Å². The van der Waals surface area contributed by atoms with Crippen molar-refractivity contribution in [2.45, 2.75) is 71.8 Å². The highest BCUT2D eigenvalue weighted by Gasteiger charge is 2.01. The Labute approximate surface area is 108 Å². The summed E-state index contributed by atoms with van der Waals surface area (Å²) in [5, 5.41) is 3.53. The first-order valence-corrected chi connectivity index (χ1v) is 7.31. The van der Waals surface area contributed by atoms with Crippen molar-refractivity contribution in [3.05, 3.63) is 24.3 Å². The van der Waals surface area contributed by atoms with Crippen LogP contribution in [0.25, 0.3) is 0 Å². The highest BCUT2D eigenvalue weighted by Crippen LogP contribution is 2.04. The minimum Gasteiger partial charge on any atom is -0.310 e. The van der Waals surface area contributed by atoms with E-state index >= 15 is 0 Å². The number of rotatable bonds is 11. The fraction of sp³-hybridized carbons (Fsp3) is 0.750. The monoisotopic (exact) mass is 237 g/mol. The second-order valence-electron chi connectivity index (χ2n) is 4.86. The van der Waals surface area contributed by atoms with Gasteiger partial charge in [-0.3, -0.25) is 0 Å². The summed E-state index contributed by atoms with van der Waals surface area (Å²) in [7, 11) is 0. The van der Waals surface area contributed by atoms with E-state index in [9.17, 15) is 0 Å². The first kappa shape index (κ1) is 16.4. The maximum atomic E-state index is 4.12. The van der Waals surface area contributed by atoms with E-state index in [0.29, 0.717) is 6.04 Å². The molecule has 0 radical (unpaired) electrons. The zero-order chi connectivity index (χ0) is 12.9. The van der Waals surface area contributed by atoms with Gasteiger partial charge in [0.25, 0.3) is 0 Å². The fourth-order valence-electron chi connectivity index (χ4n) is 1.70. The molecule has 0 saturated carbocycles. The predicted octanol–water partition coefficient (Wildman–Crippen LogP) is 4.85. The van der Waals surface area contributed by atoms with Crippen LogP contribution in [0.5, 0.6) is 0 Å². The van der Waals surface area contributed by atoms with E-state index in [0.717, 1.165) is 6.54 Å². The van der Waals surface area contributed by atoms with Crippen LogP contribution in [0.2, 0.25) is 0 Å². The second-order valence-corrected chi connectivity index (χ2v) is 4.86. The lowest BCUT2D eigenvalue weighted by atomic mass is 10.1. The highest BCUT2D eigenvalue weighted by molar-refractivity contribution is 5.19. The van der Waals surface area contributed by atoms with Crippen LogP contribution in [0.1, 0.15) is 65.7 Å². The Morgan fingerprint density at radius 1 is 1.12 bits per heavy atom. The molecule has 17 heavy (non-hydrogen) atoms. The van der Waals surface area contributed by atoms with Crippen molar-refractivity contribution in [2.24, 2.45) is 0 Å². The molecule has 0 aliphatic rings. The zero-order valence-corrected chi connectivity index (χ0v) is 12.1. The van der Waals surface area contributed by atoms with E-state index in [2.05, 4.69) is 44.8 Å². The Bertz CT molecular complexity index is 206. The van der Waals surface area contributed by atoms with Crippen molar-refractivity contribution in [3.8, 4) is 0 Å². The molecule has 1 nitrogen and oxygen atoms in total. The van der Waals surface area contributed by atoms with Gasteiger partial charge in [-0.1, -0.05) is 64.7 Å². The van der Waals surface area contributed by atoms with Crippen molar-refractivity contribution in [1.29, 1.82) is 0 Å². The van der Waals surface area contributed by atoms with Gasteiger partial charge in [0.1, 0.15) is 0 Å². The van der Waals surface area contributed by atoms with Gasteiger partial charge in [0.15, 0.2) is 0 Å². The molecule has 0 fully saturated rings. The Kier molecular flexibility index (Phi) is 11.5. The SMILES string of the molecule is C=C(/C=C\CCCC)[C@@H](C)NCCCCCC. The first-order chi connectivity index (χ1) is 8.22. The highest BCUT2D eigenvalue weighted by atomic mass is 14.9. The van der Waals surface area contributed by atoms with Crippen molar-refractivity contribution in [2.75, 3.05) is 6.54 Å². The average Bonchev–Trinajstić information content (AvgIpc) is 2.34. The van der Waals surface area contributed by atoms with Gasteiger partial charge in [0.05, 0.1) is 0 Å². The van der Waals surface area contributed by atoms with Crippen LogP contribution in [0.15, 0.2) is 24.3 Å². The summed E-state index contributed by atoms with van der Waals surface area (Å²) < 4.78 is 0. The van der Waals surface area contributed by atoms with Crippen LogP contribution < -0.4 is 5.32 Å². The third kappa shape index (κ3) is 10.3. The molecule has 1 N–H and O–H groups in total. The maximum Gasteiger partial charge on any atom is 0.0285 e. The average molecular weight is 237 g/mol. The van der Waals surface area contributed by atoms with Crippen molar-refractivity contribution in [1.82, 2.24) is 5.32 Å². The van der Waals surface area contributed by atoms with Gasteiger partial charge in [-0.15, -0.1) is 0 Å². The molecule has 0 spiro atoms. The Balaban J connectivity index is 3.56. The number of hydrogen-bond donors (Lipinski definition) is 1. The number of nitrogens with one attached hydrogen (secondary N) is 1. The summed E-state index contributed by atoms with van der Waals surface area (Å²) in [6.07, 6.45) is 13.4. The number of unbranched alkanes of at least 4 members (excludes halogenated alkanes) is 5. The molecule has 0 heterocycles. The lowest BCUT2D eigenvalue weighted by Gasteiger charge is -2.14. The van der Waals surface area contributed by atoms with Gasteiger partial charge in [0, 0.05) is 6.04 Å². The van der Waals surface area contributed by atoms with E-state index in [1.807, 2.05) is 0 Å². The summed E-state index contributed by atoms with van der Waals surface area (Å²) >= 11 is 0.